The number of amides is 2. The van der Waals surface area contributed by atoms with Crippen molar-refractivity contribution in [3.05, 3.63) is 0 Å². The number of hydrogen-bond donors (Lipinski definition) is 1. The fourth-order valence-corrected chi connectivity index (χ4v) is 11.0. The van der Waals surface area contributed by atoms with Crippen LogP contribution in [0.5, 0.6) is 0 Å². The highest BCUT2D eigenvalue weighted by molar-refractivity contribution is 5.93. The summed E-state index contributed by atoms with van der Waals surface area (Å²) in [6, 6.07) is 0. The summed E-state index contributed by atoms with van der Waals surface area (Å²) in [4.78, 5) is 47.0. The number of nitrogens with one attached hydrogen (secondary N) is 1. The molecule has 0 aromatic carbocycles. The van der Waals surface area contributed by atoms with Crippen LogP contribution >= 0.6 is 0 Å². The van der Waals surface area contributed by atoms with Gasteiger partial charge in [0.15, 0.2) is 0 Å². The van der Waals surface area contributed by atoms with Crippen LogP contribution in [0.15, 0.2) is 0 Å². The monoisotopic (exact) mass is 986 g/mol. The number of carbonyl (C=O) groups is 3. The lowest BCUT2D eigenvalue weighted by Crippen LogP contribution is -2.65. The molecule has 1 fully saturated rings. The molecule has 7 nitrogen and oxygen atoms in total. The number of esters is 1. The van der Waals surface area contributed by atoms with Crippen LogP contribution in [0.4, 0.5) is 0 Å². The van der Waals surface area contributed by atoms with Gasteiger partial charge in [-0.2, -0.15) is 0 Å². The van der Waals surface area contributed by atoms with Crippen LogP contribution in [-0.4, -0.2) is 73.0 Å². The molecular weight excluding hydrogens is 863 g/mol. The molecule has 0 heterocycles. The first-order valence-corrected chi connectivity index (χ1v) is 31.7. The molecule has 7 heteroatoms. The van der Waals surface area contributed by atoms with Gasteiger partial charge in [0, 0.05) is 25.4 Å². The Bertz CT molecular complexity index is 1130. The fourth-order valence-electron chi connectivity index (χ4n) is 11.0. The molecule has 1 N–H and O–H groups in total. The lowest BCUT2D eigenvalue weighted by molar-refractivity contribution is -0.157. The Morgan fingerprint density at radius 1 is 0.443 bits per heavy atom. The van der Waals surface area contributed by atoms with Gasteiger partial charge in [-0.1, -0.05) is 246 Å². The number of unbranched alkanes of at least 4 members (excludes halogenated alkanes) is 34. The third-order valence-electron chi connectivity index (χ3n) is 15.9. The molecule has 0 spiro atoms. The Balaban J connectivity index is 2.88. The van der Waals surface area contributed by atoms with Crippen LogP contribution in [0.2, 0.25) is 0 Å². The maximum Gasteiger partial charge on any atom is 0.306 e. The molecule has 414 valence electrons. The molecule has 0 aliphatic heterocycles. The van der Waals surface area contributed by atoms with Gasteiger partial charge in [-0.25, -0.2) is 0 Å². The molecule has 0 radical (unpaired) electrons. The summed E-state index contributed by atoms with van der Waals surface area (Å²) in [7, 11) is 4.24. The predicted octanol–water partition coefficient (Wildman–Crippen LogP) is 18.6. The van der Waals surface area contributed by atoms with E-state index in [1.165, 1.54) is 205 Å². The molecule has 70 heavy (non-hydrogen) atoms. The minimum Gasteiger partial charge on any atom is -0.462 e. The van der Waals surface area contributed by atoms with Gasteiger partial charge in [0.1, 0.15) is 11.6 Å². The second-order valence-electron chi connectivity index (χ2n) is 22.9. The van der Waals surface area contributed by atoms with Gasteiger partial charge in [-0.3, -0.25) is 14.4 Å². The SMILES string of the molecule is CCCCCCCCCCCCCCC(CCCCCCCCCCCCCC)C(=O)N(CCCCN(C)C)C1(C(=O)NCCCCC(=O)OC(CCCCCCCC)CCCCCCCC)CCC1. The standard InChI is InChI=1S/C63H123N3O4/c1-7-11-15-19-23-25-27-29-31-33-35-39-48-58(49-40-36-34-32-30-28-26-24-20-16-12-8-2)61(68)66(57-46-45-56-65(5)6)63(53-47-54-63)62(69)64-55-44-43-52-60(67)70-59(50-41-37-21-17-13-9-3)51-42-38-22-18-14-10-4/h58-59H,7-57H2,1-6H3,(H,64,69). The molecule has 0 bridgehead atoms. The van der Waals surface area contributed by atoms with Gasteiger partial charge in [0.05, 0.1) is 0 Å². The Morgan fingerprint density at radius 2 is 0.800 bits per heavy atom. The number of rotatable bonds is 54. The number of carbonyl (C=O) groups excluding carboxylic acids is 3. The summed E-state index contributed by atoms with van der Waals surface area (Å²) in [6.07, 6.45) is 57.0. The van der Waals surface area contributed by atoms with Crippen molar-refractivity contribution < 1.29 is 19.1 Å². The van der Waals surface area contributed by atoms with Gasteiger partial charge < -0.3 is 19.9 Å². The average molecular weight is 987 g/mol. The van der Waals surface area contributed by atoms with Crippen LogP contribution in [0, 0.1) is 5.92 Å². The van der Waals surface area contributed by atoms with Crippen molar-refractivity contribution in [3.63, 3.8) is 0 Å². The highest BCUT2D eigenvalue weighted by Gasteiger charge is 2.51. The molecule has 1 aliphatic rings. The molecular formula is C63H123N3O4. The van der Waals surface area contributed by atoms with E-state index < -0.39 is 5.54 Å². The van der Waals surface area contributed by atoms with E-state index in [-0.39, 0.29) is 29.8 Å². The van der Waals surface area contributed by atoms with Crippen molar-refractivity contribution in [3.8, 4) is 0 Å². The summed E-state index contributed by atoms with van der Waals surface area (Å²) in [5, 5.41) is 3.31. The summed E-state index contributed by atoms with van der Waals surface area (Å²) in [5.41, 5.74) is -0.736. The molecule has 0 unspecified atom stereocenters. The van der Waals surface area contributed by atoms with Crippen molar-refractivity contribution in [1.82, 2.24) is 15.1 Å². The van der Waals surface area contributed by atoms with E-state index in [0.29, 0.717) is 25.9 Å². The Labute approximate surface area is 437 Å². The fraction of sp³-hybridized carbons (Fsp3) is 0.952. The zero-order valence-corrected chi connectivity index (χ0v) is 48.2. The molecule has 1 saturated carbocycles. The van der Waals surface area contributed by atoms with E-state index in [4.69, 9.17) is 4.74 Å². The molecule has 0 atom stereocenters. The summed E-state index contributed by atoms with van der Waals surface area (Å²) < 4.78 is 6.13. The van der Waals surface area contributed by atoms with Crippen LogP contribution in [0.3, 0.4) is 0 Å². The lowest BCUT2D eigenvalue weighted by atomic mass is 9.73. The first-order valence-electron chi connectivity index (χ1n) is 31.7. The van der Waals surface area contributed by atoms with Crippen molar-refractivity contribution in [1.29, 1.82) is 0 Å². The van der Waals surface area contributed by atoms with Crippen molar-refractivity contribution in [2.45, 2.75) is 348 Å². The van der Waals surface area contributed by atoms with Gasteiger partial charge in [0.25, 0.3) is 0 Å². The zero-order chi connectivity index (χ0) is 51.0. The van der Waals surface area contributed by atoms with Crippen LogP contribution in [0.25, 0.3) is 0 Å². The van der Waals surface area contributed by atoms with E-state index in [0.717, 1.165) is 96.4 Å². The van der Waals surface area contributed by atoms with E-state index in [2.05, 4.69) is 56.9 Å². The summed E-state index contributed by atoms with van der Waals surface area (Å²) in [5.74, 6) is 0.215. The molecule has 0 aromatic rings. The smallest absolute Gasteiger partial charge is 0.306 e. The molecule has 0 aromatic heterocycles. The van der Waals surface area contributed by atoms with Crippen molar-refractivity contribution >= 4 is 17.8 Å². The van der Waals surface area contributed by atoms with Gasteiger partial charge in [-0.15, -0.1) is 0 Å². The molecule has 2 amide bonds. The second kappa shape index (κ2) is 48.3. The second-order valence-corrected chi connectivity index (χ2v) is 22.9. The highest BCUT2D eigenvalue weighted by Crippen LogP contribution is 2.40. The predicted molar refractivity (Wildman–Crippen MR) is 304 cm³/mol. The quantitative estimate of drug-likeness (QED) is 0.0485. The normalized spacial score (nSPS) is 13.4. The lowest BCUT2D eigenvalue weighted by Gasteiger charge is -2.50. The molecule has 1 aliphatic carbocycles. The van der Waals surface area contributed by atoms with Crippen LogP contribution in [0.1, 0.15) is 336 Å². The first kappa shape index (κ1) is 66.4. The van der Waals surface area contributed by atoms with E-state index in [9.17, 15) is 9.59 Å². The minimum absolute atomic E-state index is 0.00215. The highest BCUT2D eigenvalue weighted by atomic mass is 16.5. The van der Waals surface area contributed by atoms with Gasteiger partial charge in [0.2, 0.25) is 11.8 Å². The Kier molecular flexibility index (Phi) is 45.8. The number of hydrogen-bond acceptors (Lipinski definition) is 5. The maximum atomic E-state index is 15.1. The Morgan fingerprint density at radius 3 is 1.16 bits per heavy atom. The molecule has 1 rings (SSSR count). The van der Waals surface area contributed by atoms with Crippen molar-refractivity contribution in [2.24, 2.45) is 5.92 Å². The van der Waals surface area contributed by atoms with Crippen molar-refractivity contribution in [2.75, 3.05) is 33.7 Å². The topological polar surface area (TPSA) is 79.0 Å². The Hall–Kier alpha value is -1.63. The van der Waals surface area contributed by atoms with Crippen LogP contribution in [-0.2, 0) is 19.1 Å². The molecule has 0 saturated heterocycles. The third kappa shape index (κ3) is 35.5. The largest absolute Gasteiger partial charge is 0.462 e. The van der Waals surface area contributed by atoms with Gasteiger partial charge >= 0.3 is 5.97 Å². The van der Waals surface area contributed by atoms with Crippen LogP contribution < -0.4 is 5.32 Å². The first-order chi connectivity index (χ1) is 34.2. The minimum atomic E-state index is -0.736. The average Bonchev–Trinajstić information content (AvgIpc) is 3.33. The number of nitrogens with zero attached hydrogens (tertiary/aromatic N) is 2. The zero-order valence-electron chi connectivity index (χ0n) is 48.2. The van der Waals surface area contributed by atoms with Gasteiger partial charge in [-0.05, 0) is 104 Å². The summed E-state index contributed by atoms with van der Waals surface area (Å²) in [6.45, 7) is 11.3. The van der Waals surface area contributed by atoms with E-state index >= 15 is 4.79 Å². The van der Waals surface area contributed by atoms with E-state index in [1.807, 2.05) is 0 Å². The maximum absolute atomic E-state index is 15.1. The summed E-state index contributed by atoms with van der Waals surface area (Å²) >= 11 is 0. The van der Waals surface area contributed by atoms with E-state index in [1.54, 1.807) is 0 Å². The third-order valence-corrected chi connectivity index (χ3v) is 15.9. The number of ether oxygens (including phenoxy) is 1.